The van der Waals surface area contributed by atoms with E-state index in [2.05, 4.69) is 6.07 Å². The Bertz CT molecular complexity index is 1060. The molecule has 4 rings (SSSR count). The fraction of sp³-hybridized carbons (Fsp3) is 0.333. The Morgan fingerprint density at radius 1 is 1.04 bits per heavy atom. The van der Waals surface area contributed by atoms with E-state index in [4.69, 9.17) is 4.42 Å². The molecule has 1 aliphatic rings. The molecule has 1 amide bonds. The average Bonchev–Trinajstić information content (AvgIpc) is 3.49. The van der Waals surface area contributed by atoms with Crippen molar-refractivity contribution in [2.45, 2.75) is 33.1 Å². The molecule has 0 aliphatic heterocycles. The molecule has 28 heavy (non-hydrogen) atoms. The summed E-state index contributed by atoms with van der Waals surface area (Å²) in [6, 6.07) is 15.5. The van der Waals surface area contributed by atoms with E-state index < -0.39 is 0 Å². The van der Waals surface area contributed by atoms with Gasteiger partial charge in [0.05, 0.1) is 0 Å². The van der Waals surface area contributed by atoms with Gasteiger partial charge in [-0.3, -0.25) is 4.79 Å². The van der Waals surface area contributed by atoms with Crippen molar-refractivity contribution in [3.8, 4) is 11.1 Å². The lowest BCUT2D eigenvalue weighted by atomic mass is 9.96. The first-order valence-corrected chi connectivity index (χ1v) is 9.80. The fourth-order valence-corrected chi connectivity index (χ4v) is 3.68. The third kappa shape index (κ3) is 3.72. The molecule has 0 spiro atoms. The highest BCUT2D eigenvalue weighted by molar-refractivity contribution is 5.94. The molecule has 1 heterocycles. The van der Waals surface area contributed by atoms with Gasteiger partial charge in [-0.15, -0.1) is 0 Å². The van der Waals surface area contributed by atoms with Gasteiger partial charge in [-0.2, -0.15) is 0 Å². The molecule has 0 radical (unpaired) electrons. The van der Waals surface area contributed by atoms with Crippen LogP contribution >= 0.6 is 0 Å². The van der Waals surface area contributed by atoms with Gasteiger partial charge >= 0.3 is 5.63 Å². The predicted molar refractivity (Wildman–Crippen MR) is 114 cm³/mol. The van der Waals surface area contributed by atoms with E-state index in [0.717, 1.165) is 34.1 Å². The fourth-order valence-electron chi connectivity index (χ4n) is 3.68. The number of fused-ring (bicyclic) bond motifs is 1. The van der Waals surface area contributed by atoms with Crippen LogP contribution in [0.5, 0.6) is 0 Å². The highest BCUT2D eigenvalue weighted by Crippen LogP contribution is 2.49. The molecule has 0 N–H and O–H groups in total. The summed E-state index contributed by atoms with van der Waals surface area (Å²) in [4.78, 5) is 25.9. The van der Waals surface area contributed by atoms with Crippen LogP contribution in [0.25, 0.3) is 22.1 Å². The third-order valence-electron chi connectivity index (χ3n) is 5.18. The quantitative estimate of drug-likeness (QED) is 0.605. The normalized spacial score (nSPS) is 17.6. The molecule has 2 unspecified atom stereocenters. The largest absolute Gasteiger partial charge is 0.423 e. The van der Waals surface area contributed by atoms with Crippen LogP contribution in [-0.4, -0.2) is 24.9 Å². The van der Waals surface area contributed by atoms with E-state index in [1.165, 1.54) is 0 Å². The Balaban J connectivity index is 0.00000109. The summed E-state index contributed by atoms with van der Waals surface area (Å²) >= 11 is 0. The first-order valence-electron chi connectivity index (χ1n) is 9.80. The van der Waals surface area contributed by atoms with Crippen LogP contribution in [-0.2, 0) is 4.79 Å². The number of carbonyl (C=O) groups excluding carboxylic acids is 1. The Hall–Kier alpha value is -2.88. The molecule has 146 valence electrons. The van der Waals surface area contributed by atoms with Crippen LogP contribution < -0.4 is 5.63 Å². The van der Waals surface area contributed by atoms with Crippen molar-refractivity contribution in [3.63, 3.8) is 0 Å². The SMILES string of the molecule is CC.Cc1ccccc1-c1cc(=O)oc2cc(C3CC3C(=O)N(C)C)ccc12. The van der Waals surface area contributed by atoms with Gasteiger partial charge in [0.1, 0.15) is 5.58 Å². The average molecular weight is 377 g/mol. The Morgan fingerprint density at radius 3 is 2.43 bits per heavy atom. The minimum atomic E-state index is -0.357. The van der Waals surface area contributed by atoms with Crippen molar-refractivity contribution in [2.24, 2.45) is 5.92 Å². The number of rotatable bonds is 3. The van der Waals surface area contributed by atoms with Crippen molar-refractivity contribution >= 4 is 16.9 Å². The second-order valence-electron chi connectivity index (χ2n) is 7.23. The number of amides is 1. The van der Waals surface area contributed by atoms with Gasteiger partial charge in [-0.25, -0.2) is 4.79 Å². The van der Waals surface area contributed by atoms with E-state index in [-0.39, 0.29) is 23.4 Å². The van der Waals surface area contributed by atoms with Gasteiger partial charge in [0.15, 0.2) is 0 Å². The van der Waals surface area contributed by atoms with Gasteiger partial charge in [-0.1, -0.05) is 50.2 Å². The smallest absolute Gasteiger partial charge is 0.336 e. The molecule has 4 nitrogen and oxygen atoms in total. The van der Waals surface area contributed by atoms with E-state index in [0.29, 0.717) is 5.58 Å². The van der Waals surface area contributed by atoms with Crippen molar-refractivity contribution < 1.29 is 9.21 Å². The lowest BCUT2D eigenvalue weighted by molar-refractivity contribution is -0.130. The maximum absolute atomic E-state index is 12.1. The van der Waals surface area contributed by atoms with Crippen molar-refractivity contribution in [1.29, 1.82) is 0 Å². The van der Waals surface area contributed by atoms with Crippen LogP contribution in [0.3, 0.4) is 0 Å². The summed E-state index contributed by atoms with van der Waals surface area (Å²) in [5.74, 6) is 0.403. The molecule has 1 aliphatic carbocycles. The molecule has 4 heteroatoms. The lowest BCUT2D eigenvalue weighted by Crippen LogP contribution is -2.23. The monoisotopic (exact) mass is 377 g/mol. The van der Waals surface area contributed by atoms with E-state index >= 15 is 0 Å². The maximum Gasteiger partial charge on any atom is 0.336 e. The zero-order chi connectivity index (χ0) is 20.4. The summed E-state index contributed by atoms with van der Waals surface area (Å²) in [5.41, 5.74) is 4.31. The standard InChI is InChI=1S/C22H21NO3.C2H6/c1-13-6-4-5-7-15(13)18-12-21(24)26-20-10-14(8-9-16(18)20)17-11-19(17)22(25)23(2)3;1-2/h4-10,12,17,19H,11H2,1-3H3;1-2H3. The van der Waals surface area contributed by atoms with Crippen LogP contribution in [0.4, 0.5) is 0 Å². The zero-order valence-electron chi connectivity index (χ0n) is 17.2. The Labute approximate surface area is 165 Å². The molecule has 1 fully saturated rings. The van der Waals surface area contributed by atoms with Crippen LogP contribution in [0.15, 0.2) is 57.7 Å². The zero-order valence-corrected chi connectivity index (χ0v) is 17.2. The molecule has 2 aromatic carbocycles. The number of hydrogen-bond acceptors (Lipinski definition) is 3. The highest BCUT2D eigenvalue weighted by Gasteiger charge is 2.44. The Morgan fingerprint density at radius 2 is 1.75 bits per heavy atom. The van der Waals surface area contributed by atoms with Crippen molar-refractivity contribution in [1.82, 2.24) is 4.90 Å². The molecule has 1 aromatic heterocycles. The molecule has 3 aromatic rings. The van der Waals surface area contributed by atoms with Crippen molar-refractivity contribution in [2.75, 3.05) is 14.1 Å². The molecular weight excluding hydrogens is 350 g/mol. The van der Waals surface area contributed by atoms with E-state index in [9.17, 15) is 9.59 Å². The summed E-state index contributed by atoms with van der Waals surface area (Å²) in [7, 11) is 3.57. The van der Waals surface area contributed by atoms with Gasteiger partial charge in [0.2, 0.25) is 5.91 Å². The number of nitrogens with zero attached hydrogens (tertiary/aromatic N) is 1. The minimum absolute atomic E-state index is 0.0359. The second kappa shape index (κ2) is 8.01. The third-order valence-corrected chi connectivity index (χ3v) is 5.18. The summed E-state index contributed by atoms with van der Waals surface area (Å²) in [6.07, 6.45) is 0.851. The molecule has 2 atom stereocenters. The summed E-state index contributed by atoms with van der Waals surface area (Å²) in [6.45, 7) is 6.03. The molecular formula is C24H27NO3. The summed E-state index contributed by atoms with van der Waals surface area (Å²) in [5, 5.41) is 0.916. The van der Waals surface area contributed by atoms with Crippen LogP contribution in [0.2, 0.25) is 0 Å². The minimum Gasteiger partial charge on any atom is -0.423 e. The first kappa shape index (κ1) is 19.9. The Kier molecular flexibility index (Phi) is 5.68. The number of hydrogen-bond donors (Lipinski definition) is 0. The van der Waals surface area contributed by atoms with E-state index in [1.807, 2.05) is 57.2 Å². The molecule has 0 saturated heterocycles. The topological polar surface area (TPSA) is 50.5 Å². The van der Waals surface area contributed by atoms with Crippen molar-refractivity contribution in [3.05, 3.63) is 70.1 Å². The lowest BCUT2D eigenvalue weighted by Gasteiger charge is -2.11. The number of benzene rings is 2. The second-order valence-corrected chi connectivity index (χ2v) is 7.23. The van der Waals surface area contributed by atoms with Crippen LogP contribution in [0, 0.1) is 12.8 Å². The van der Waals surface area contributed by atoms with Crippen LogP contribution in [0.1, 0.15) is 37.3 Å². The first-order chi connectivity index (χ1) is 13.5. The highest BCUT2D eigenvalue weighted by atomic mass is 16.4. The number of aryl methyl sites for hydroxylation is 1. The van der Waals surface area contributed by atoms with Gasteiger partial charge in [0.25, 0.3) is 0 Å². The predicted octanol–water partition coefficient (Wildman–Crippen LogP) is 4.99. The maximum atomic E-state index is 12.1. The van der Waals surface area contributed by atoms with Gasteiger partial charge in [-0.05, 0) is 42.0 Å². The van der Waals surface area contributed by atoms with Gasteiger partial charge < -0.3 is 9.32 Å². The molecule has 1 saturated carbocycles. The number of carbonyl (C=O) groups is 1. The van der Waals surface area contributed by atoms with Gasteiger partial charge in [0, 0.05) is 37.0 Å². The molecule has 0 bridgehead atoms. The summed E-state index contributed by atoms with van der Waals surface area (Å²) < 4.78 is 5.47. The van der Waals surface area contributed by atoms with E-state index in [1.54, 1.807) is 25.1 Å².